The van der Waals surface area contributed by atoms with Gasteiger partial charge in [0.15, 0.2) is 0 Å². The SMILES string of the molecule is CCCc1nnc(NC(=O)c2ccc(SF)cc2)o1. The standard InChI is InChI=1S/C12H12FN3O2S/c1-2-3-10-15-16-12(18-10)14-11(17)8-4-6-9(19-13)7-5-8/h4-7H,2-3H2,1H3,(H,14,16,17). The van der Waals surface area contributed by atoms with Crippen LogP contribution in [-0.2, 0) is 6.42 Å². The van der Waals surface area contributed by atoms with Crippen LogP contribution in [0.4, 0.5) is 9.90 Å². The summed E-state index contributed by atoms with van der Waals surface area (Å²) in [6.45, 7) is 1.99. The summed E-state index contributed by atoms with van der Waals surface area (Å²) < 4.78 is 17.5. The Kier molecular flexibility index (Phi) is 4.51. The summed E-state index contributed by atoms with van der Waals surface area (Å²) in [6.07, 6.45) is 1.56. The topological polar surface area (TPSA) is 68.0 Å². The number of nitrogens with one attached hydrogen (secondary N) is 1. The molecule has 0 unspecified atom stereocenters. The summed E-state index contributed by atoms with van der Waals surface area (Å²) in [6, 6.07) is 6.17. The molecule has 0 aliphatic rings. The number of carbonyl (C=O) groups is 1. The summed E-state index contributed by atoms with van der Waals surface area (Å²) in [5.41, 5.74) is 0.396. The van der Waals surface area contributed by atoms with Gasteiger partial charge in [-0.15, -0.1) is 5.10 Å². The minimum atomic E-state index is -0.373. The molecule has 0 fully saturated rings. The Balaban J connectivity index is 2.02. The lowest BCUT2D eigenvalue weighted by Gasteiger charge is -2.00. The molecule has 19 heavy (non-hydrogen) atoms. The molecular formula is C12H12FN3O2S. The van der Waals surface area contributed by atoms with E-state index in [1.807, 2.05) is 6.92 Å². The van der Waals surface area contributed by atoms with Crippen LogP contribution in [0.2, 0.25) is 0 Å². The zero-order chi connectivity index (χ0) is 13.7. The quantitative estimate of drug-likeness (QED) is 0.911. The molecule has 0 aliphatic carbocycles. The summed E-state index contributed by atoms with van der Waals surface area (Å²) in [7, 11) is 0. The van der Waals surface area contributed by atoms with Gasteiger partial charge in [0, 0.05) is 16.9 Å². The lowest BCUT2D eigenvalue weighted by molar-refractivity contribution is 0.102. The van der Waals surface area contributed by atoms with Gasteiger partial charge in [-0.05, 0) is 30.7 Å². The fourth-order valence-electron chi connectivity index (χ4n) is 1.45. The lowest BCUT2D eigenvalue weighted by Crippen LogP contribution is -2.11. The molecule has 0 atom stereocenters. The predicted molar refractivity (Wildman–Crippen MR) is 69.7 cm³/mol. The predicted octanol–water partition coefficient (Wildman–Crippen LogP) is 3.25. The second kappa shape index (κ2) is 6.33. The highest BCUT2D eigenvalue weighted by Gasteiger charge is 2.11. The number of aryl methyl sites for hydroxylation is 1. The van der Waals surface area contributed by atoms with Gasteiger partial charge in [-0.1, -0.05) is 12.0 Å². The zero-order valence-corrected chi connectivity index (χ0v) is 11.0. The Hall–Kier alpha value is -1.89. The molecule has 100 valence electrons. The highest BCUT2D eigenvalue weighted by Crippen LogP contribution is 2.19. The van der Waals surface area contributed by atoms with E-state index in [1.54, 1.807) is 0 Å². The zero-order valence-electron chi connectivity index (χ0n) is 10.2. The summed E-state index contributed by atoms with van der Waals surface area (Å²) >= 11 is 0.129. The molecule has 2 aromatic rings. The van der Waals surface area contributed by atoms with Crippen molar-refractivity contribution < 1.29 is 13.1 Å². The van der Waals surface area contributed by atoms with Crippen LogP contribution in [0.5, 0.6) is 0 Å². The third-order valence-electron chi connectivity index (χ3n) is 2.36. The molecule has 0 saturated carbocycles. The van der Waals surface area contributed by atoms with Crippen molar-refractivity contribution in [3.05, 3.63) is 35.7 Å². The van der Waals surface area contributed by atoms with E-state index in [1.165, 1.54) is 24.3 Å². The van der Waals surface area contributed by atoms with Crippen molar-refractivity contribution in [2.75, 3.05) is 5.32 Å². The van der Waals surface area contributed by atoms with Gasteiger partial charge >= 0.3 is 6.01 Å². The number of rotatable bonds is 5. The van der Waals surface area contributed by atoms with Crippen molar-refractivity contribution >= 4 is 24.1 Å². The number of nitrogens with zero attached hydrogens (tertiary/aromatic N) is 2. The number of benzene rings is 1. The van der Waals surface area contributed by atoms with Gasteiger partial charge in [-0.3, -0.25) is 10.1 Å². The molecule has 1 heterocycles. The number of hydrogen-bond donors (Lipinski definition) is 1. The van der Waals surface area contributed by atoms with E-state index < -0.39 is 0 Å². The molecular weight excluding hydrogens is 269 g/mol. The van der Waals surface area contributed by atoms with Crippen LogP contribution in [-0.4, -0.2) is 16.1 Å². The molecule has 0 spiro atoms. The minimum Gasteiger partial charge on any atom is -0.408 e. The van der Waals surface area contributed by atoms with Gasteiger partial charge in [0.05, 0.1) is 12.1 Å². The first-order valence-electron chi connectivity index (χ1n) is 5.75. The number of amides is 1. The Morgan fingerprint density at radius 1 is 1.37 bits per heavy atom. The summed E-state index contributed by atoms with van der Waals surface area (Å²) in [5.74, 6) is 0.115. The molecule has 7 heteroatoms. The molecule has 1 aromatic carbocycles. The Morgan fingerprint density at radius 2 is 2.11 bits per heavy atom. The Labute approximate surface area is 113 Å². The van der Waals surface area contributed by atoms with Crippen molar-refractivity contribution in [2.24, 2.45) is 0 Å². The maximum Gasteiger partial charge on any atom is 0.322 e. The van der Waals surface area contributed by atoms with Gasteiger partial charge in [0.25, 0.3) is 5.91 Å². The van der Waals surface area contributed by atoms with Gasteiger partial charge < -0.3 is 4.42 Å². The van der Waals surface area contributed by atoms with E-state index in [2.05, 4.69) is 15.5 Å². The first kappa shape index (κ1) is 13.5. The summed E-state index contributed by atoms with van der Waals surface area (Å²) in [5, 5.41) is 10.0. The first-order valence-corrected chi connectivity index (χ1v) is 6.47. The molecule has 1 aromatic heterocycles. The van der Waals surface area contributed by atoms with E-state index in [0.29, 0.717) is 22.8 Å². The maximum atomic E-state index is 12.3. The molecule has 5 nitrogen and oxygen atoms in total. The van der Waals surface area contributed by atoms with Crippen molar-refractivity contribution in [1.82, 2.24) is 10.2 Å². The molecule has 0 bridgehead atoms. The van der Waals surface area contributed by atoms with E-state index in [4.69, 9.17) is 4.42 Å². The van der Waals surface area contributed by atoms with Crippen LogP contribution in [0.15, 0.2) is 33.6 Å². The smallest absolute Gasteiger partial charge is 0.322 e. The van der Waals surface area contributed by atoms with Crippen LogP contribution in [0.3, 0.4) is 0 Å². The maximum absolute atomic E-state index is 12.3. The lowest BCUT2D eigenvalue weighted by atomic mass is 10.2. The number of hydrogen-bond acceptors (Lipinski definition) is 5. The third kappa shape index (κ3) is 3.54. The number of halogens is 1. The highest BCUT2D eigenvalue weighted by molar-refractivity contribution is 7.94. The molecule has 1 N–H and O–H groups in total. The fourth-order valence-corrected chi connectivity index (χ4v) is 1.68. The van der Waals surface area contributed by atoms with Crippen molar-refractivity contribution in [2.45, 2.75) is 24.7 Å². The molecule has 0 aliphatic heterocycles. The largest absolute Gasteiger partial charge is 0.408 e. The average molecular weight is 281 g/mol. The molecule has 2 rings (SSSR count). The molecule has 0 radical (unpaired) electrons. The summed E-state index contributed by atoms with van der Waals surface area (Å²) in [4.78, 5) is 12.3. The van der Waals surface area contributed by atoms with Crippen molar-refractivity contribution in [3.63, 3.8) is 0 Å². The van der Waals surface area contributed by atoms with E-state index in [-0.39, 0.29) is 24.1 Å². The monoisotopic (exact) mass is 281 g/mol. The van der Waals surface area contributed by atoms with Crippen molar-refractivity contribution in [1.29, 1.82) is 0 Å². The minimum absolute atomic E-state index is 0.0670. The average Bonchev–Trinajstić information content (AvgIpc) is 2.86. The fraction of sp³-hybridized carbons (Fsp3) is 0.250. The number of anilines is 1. The second-order valence-corrected chi connectivity index (χ2v) is 4.43. The van der Waals surface area contributed by atoms with E-state index in [9.17, 15) is 8.68 Å². The normalized spacial score (nSPS) is 10.4. The van der Waals surface area contributed by atoms with Crippen LogP contribution in [0.25, 0.3) is 0 Å². The molecule has 0 saturated heterocycles. The van der Waals surface area contributed by atoms with Gasteiger partial charge in [0.2, 0.25) is 5.89 Å². The van der Waals surface area contributed by atoms with Crippen LogP contribution >= 0.6 is 12.1 Å². The van der Waals surface area contributed by atoms with Gasteiger partial charge in [-0.2, -0.15) is 3.89 Å². The number of aromatic nitrogens is 2. The number of carbonyl (C=O) groups excluding carboxylic acids is 1. The third-order valence-corrected chi connectivity index (χ3v) is 2.81. The van der Waals surface area contributed by atoms with Crippen molar-refractivity contribution in [3.8, 4) is 0 Å². The van der Waals surface area contributed by atoms with Crippen LogP contribution in [0, 0.1) is 0 Å². The van der Waals surface area contributed by atoms with E-state index >= 15 is 0 Å². The Morgan fingerprint density at radius 3 is 2.74 bits per heavy atom. The first-order chi connectivity index (χ1) is 9.22. The Bertz CT molecular complexity index is 556. The van der Waals surface area contributed by atoms with Gasteiger partial charge in [-0.25, -0.2) is 0 Å². The highest BCUT2D eigenvalue weighted by atomic mass is 32.2. The van der Waals surface area contributed by atoms with Crippen LogP contribution < -0.4 is 5.32 Å². The molecule has 1 amide bonds. The van der Waals surface area contributed by atoms with Gasteiger partial charge in [0.1, 0.15) is 0 Å². The van der Waals surface area contributed by atoms with E-state index in [0.717, 1.165) is 6.42 Å². The van der Waals surface area contributed by atoms with Crippen LogP contribution in [0.1, 0.15) is 29.6 Å². The second-order valence-electron chi connectivity index (χ2n) is 3.81.